The molecule has 142 valence electrons. The summed E-state index contributed by atoms with van der Waals surface area (Å²) in [6, 6.07) is 14.2. The SMILES string of the molecule is Cc1cc(C)cc(C(=O)NCC(=O)NCCN2CCc3ccccc3C2)c1. The minimum atomic E-state index is -0.218. The van der Waals surface area contributed by atoms with E-state index in [1.54, 1.807) is 0 Å². The number of benzene rings is 2. The Kier molecular flexibility index (Phi) is 6.24. The maximum absolute atomic E-state index is 12.2. The zero-order valence-electron chi connectivity index (χ0n) is 16.0. The smallest absolute Gasteiger partial charge is 0.251 e. The molecule has 2 aromatic carbocycles. The van der Waals surface area contributed by atoms with Crippen LogP contribution in [0.3, 0.4) is 0 Å². The Bertz CT molecular complexity index is 812. The van der Waals surface area contributed by atoms with Gasteiger partial charge in [-0.1, -0.05) is 41.5 Å². The van der Waals surface area contributed by atoms with Crippen molar-refractivity contribution in [1.82, 2.24) is 15.5 Å². The molecule has 2 N–H and O–H groups in total. The molecule has 0 bridgehead atoms. The van der Waals surface area contributed by atoms with Crippen molar-refractivity contribution < 1.29 is 9.59 Å². The molecule has 5 heteroatoms. The van der Waals surface area contributed by atoms with E-state index in [9.17, 15) is 9.59 Å². The highest BCUT2D eigenvalue weighted by molar-refractivity contribution is 5.96. The first-order valence-electron chi connectivity index (χ1n) is 9.43. The first-order valence-corrected chi connectivity index (χ1v) is 9.43. The number of carbonyl (C=O) groups is 2. The zero-order valence-corrected chi connectivity index (χ0v) is 16.0. The predicted molar refractivity (Wildman–Crippen MR) is 107 cm³/mol. The molecule has 0 saturated carbocycles. The van der Waals surface area contributed by atoms with E-state index in [-0.39, 0.29) is 18.4 Å². The predicted octanol–water partition coefficient (Wildman–Crippen LogP) is 2.21. The van der Waals surface area contributed by atoms with Crippen LogP contribution in [-0.4, -0.2) is 42.9 Å². The third-order valence-electron chi connectivity index (χ3n) is 4.85. The van der Waals surface area contributed by atoms with Gasteiger partial charge in [0.05, 0.1) is 6.54 Å². The van der Waals surface area contributed by atoms with E-state index in [0.29, 0.717) is 12.1 Å². The average Bonchev–Trinajstić information content (AvgIpc) is 2.65. The van der Waals surface area contributed by atoms with Gasteiger partial charge in [0.15, 0.2) is 0 Å². The Morgan fingerprint density at radius 2 is 1.70 bits per heavy atom. The molecule has 0 fully saturated rings. The summed E-state index contributed by atoms with van der Waals surface area (Å²) < 4.78 is 0. The van der Waals surface area contributed by atoms with Crippen LogP contribution in [0.25, 0.3) is 0 Å². The van der Waals surface area contributed by atoms with Crippen LogP contribution in [-0.2, 0) is 17.8 Å². The number of nitrogens with one attached hydrogen (secondary N) is 2. The van der Waals surface area contributed by atoms with E-state index in [2.05, 4.69) is 39.8 Å². The Hall–Kier alpha value is -2.66. The Balaban J connectivity index is 1.38. The fraction of sp³-hybridized carbons (Fsp3) is 0.364. The summed E-state index contributed by atoms with van der Waals surface area (Å²) in [6.45, 7) is 7.23. The lowest BCUT2D eigenvalue weighted by Gasteiger charge is -2.28. The highest BCUT2D eigenvalue weighted by Gasteiger charge is 2.15. The highest BCUT2D eigenvalue weighted by atomic mass is 16.2. The molecule has 2 amide bonds. The maximum Gasteiger partial charge on any atom is 0.251 e. The van der Waals surface area contributed by atoms with Gasteiger partial charge in [-0.15, -0.1) is 0 Å². The standard InChI is InChI=1S/C22H27N3O2/c1-16-11-17(2)13-20(12-16)22(27)24-14-21(26)23-8-10-25-9-7-18-5-3-4-6-19(18)15-25/h3-6,11-13H,7-10,14-15H2,1-2H3,(H,23,26)(H,24,27). The van der Waals surface area contributed by atoms with Gasteiger partial charge >= 0.3 is 0 Å². The first kappa shape index (κ1) is 19.1. The van der Waals surface area contributed by atoms with Gasteiger partial charge in [-0.2, -0.15) is 0 Å². The van der Waals surface area contributed by atoms with Crippen molar-refractivity contribution in [3.8, 4) is 0 Å². The summed E-state index contributed by atoms with van der Waals surface area (Å²) in [4.78, 5) is 26.5. The highest BCUT2D eigenvalue weighted by Crippen LogP contribution is 2.17. The molecule has 1 heterocycles. The molecule has 0 unspecified atom stereocenters. The lowest BCUT2D eigenvalue weighted by Crippen LogP contribution is -2.41. The van der Waals surface area contributed by atoms with Crippen LogP contribution in [0.15, 0.2) is 42.5 Å². The van der Waals surface area contributed by atoms with E-state index >= 15 is 0 Å². The summed E-state index contributed by atoms with van der Waals surface area (Å²) in [5.74, 6) is -0.380. The van der Waals surface area contributed by atoms with E-state index in [4.69, 9.17) is 0 Å². The molecule has 1 aliphatic heterocycles. The van der Waals surface area contributed by atoms with Gasteiger partial charge in [0.25, 0.3) is 5.91 Å². The van der Waals surface area contributed by atoms with E-state index in [1.165, 1.54) is 11.1 Å². The molecule has 0 aliphatic carbocycles. The number of aryl methyl sites for hydroxylation is 2. The van der Waals surface area contributed by atoms with Crippen molar-refractivity contribution in [3.63, 3.8) is 0 Å². The summed E-state index contributed by atoms with van der Waals surface area (Å²) in [5, 5.41) is 5.58. The van der Waals surface area contributed by atoms with Crippen LogP contribution in [0.2, 0.25) is 0 Å². The number of hydrogen-bond donors (Lipinski definition) is 2. The third-order valence-corrected chi connectivity index (χ3v) is 4.85. The molecule has 5 nitrogen and oxygen atoms in total. The van der Waals surface area contributed by atoms with E-state index in [0.717, 1.165) is 37.2 Å². The van der Waals surface area contributed by atoms with Crippen LogP contribution in [0, 0.1) is 13.8 Å². The van der Waals surface area contributed by atoms with Gasteiger partial charge in [0.2, 0.25) is 5.91 Å². The molecule has 2 aromatic rings. The minimum absolute atomic E-state index is 0.00530. The monoisotopic (exact) mass is 365 g/mol. The fourth-order valence-electron chi connectivity index (χ4n) is 3.53. The summed E-state index contributed by atoms with van der Waals surface area (Å²) in [7, 11) is 0. The summed E-state index contributed by atoms with van der Waals surface area (Å²) >= 11 is 0. The normalized spacial score (nSPS) is 13.7. The van der Waals surface area contributed by atoms with Crippen molar-refractivity contribution >= 4 is 11.8 Å². The first-order chi connectivity index (χ1) is 13.0. The third kappa shape index (κ3) is 5.41. The van der Waals surface area contributed by atoms with E-state index in [1.807, 2.05) is 32.0 Å². The van der Waals surface area contributed by atoms with Crippen molar-refractivity contribution in [1.29, 1.82) is 0 Å². The van der Waals surface area contributed by atoms with Crippen LogP contribution in [0.5, 0.6) is 0 Å². The van der Waals surface area contributed by atoms with Gasteiger partial charge in [-0.05, 0) is 43.5 Å². The minimum Gasteiger partial charge on any atom is -0.353 e. The Labute approximate surface area is 160 Å². The molecule has 27 heavy (non-hydrogen) atoms. The van der Waals surface area contributed by atoms with Gasteiger partial charge in [-0.3, -0.25) is 14.5 Å². The Morgan fingerprint density at radius 1 is 1.00 bits per heavy atom. The molecule has 0 aromatic heterocycles. The molecule has 0 saturated heterocycles. The molecular weight excluding hydrogens is 338 g/mol. The summed E-state index contributed by atoms with van der Waals surface area (Å²) in [6.07, 6.45) is 1.05. The number of fused-ring (bicyclic) bond motifs is 1. The second-order valence-corrected chi connectivity index (χ2v) is 7.20. The topological polar surface area (TPSA) is 61.4 Å². The number of hydrogen-bond acceptors (Lipinski definition) is 3. The van der Waals surface area contributed by atoms with Crippen molar-refractivity contribution in [2.24, 2.45) is 0 Å². The van der Waals surface area contributed by atoms with Gasteiger partial charge in [0.1, 0.15) is 0 Å². The number of nitrogens with zero attached hydrogens (tertiary/aromatic N) is 1. The van der Waals surface area contributed by atoms with Crippen molar-refractivity contribution in [3.05, 3.63) is 70.3 Å². The molecule has 1 aliphatic rings. The van der Waals surface area contributed by atoms with Crippen molar-refractivity contribution in [2.75, 3.05) is 26.2 Å². The van der Waals surface area contributed by atoms with E-state index < -0.39 is 0 Å². The molecular formula is C22H27N3O2. The van der Waals surface area contributed by atoms with Crippen LogP contribution in [0.1, 0.15) is 32.6 Å². The number of amides is 2. The second kappa shape index (κ2) is 8.82. The average molecular weight is 365 g/mol. The molecule has 0 radical (unpaired) electrons. The van der Waals surface area contributed by atoms with Crippen molar-refractivity contribution in [2.45, 2.75) is 26.8 Å². The molecule has 0 spiro atoms. The fourth-order valence-corrected chi connectivity index (χ4v) is 3.53. The quantitative estimate of drug-likeness (QED) is 0.825. The second-order valence-electron chi connectivity index (χ2n) is 7.20. The lowest BCUT2D eigenvalue weighted by molar-refractivity contribution is -0.120. The largest absolute Gasteiger partial charge is 0.353 e. The van der Waals surface area contributed by atoms with Gasteiger partial charge in [0, 0.05) is 31.7 Å². The van der Waals surface area contributed by atoms with Crippen LogP contribution < -0.4 is 10.6 Å². The van der Waals surface area contributed by atoms with Gasteiger partial charge in [-0.25, -0.2) is 0 Å². The number of rotatable bonds is 6. The lowest BCUT2D eigenvalue weighted by atomic mass is 10.00. The van der Waals surface area contributed by atoms with Gasteiger partial charge < -0.3 is 10.6 Å². The molecule has 0 atom stereocenters. The molecule has 3 rings (SSSR count). The maximum atomic E-state index is 12.2. The zero-order chi connectivity index (χ0) is 19.2. The number of carbonyl (C=O) groups excluding carboxylic acids is 2. The van der Waals surface area contributed by atoms with Crippen LogP contribution in [0.4, 0.5) is 0 Å². The van der Waals surface area contributed by atoms with Crippen LogP contribution >= 0.6 is 0 Å². The summed E-state index contributed by atoms with van der Waals surface area (Å²) in [5.41, 5.74) is 5.45. The Morgan fingerprint density at radius 3 is 2.44 bits per heavy atom.